The lowest BCUT2D eigenvalue weighted by Gasteiger charge is -2.29. The number of benzene rings is 1. The van der Waals surface area contributed by atoms with E-state index in [2.05, 4.69) is 13.8 Å². The summed E-state index contributed by atoms with van der Waals surface area (Å²) < 4.78 is 7.85. The third-order valence-electron chi connectivity index (χ3n) is 7.02. The molecule has 3 aromatic rings. The second kappa shape index (κ2) is 10.4. The van der Waals surface area contributed by atoms with E-state index in [9.17, 15) is 9.59 Å². The number of amides is 1. The molecule has 1 fully saturated rings. The van der Waals surface area contributed by atoms with E-state index in [0.717, 1.165) is 58.6 Å². The number of fused-ring (bicyclic) bond motifs is 3. The summed E-state index contributed by atoms with van der Waals surface area (Å²) in [5, 5.41) is 1.04. The normalized spacial score (nSPS) is 19.2. The minimum absolute atomic E-state index is 0.0131. The van der Waals surface area contributed by atoms with Crippen molar-refractivity contribution >= 4 is 39.2 Å². The second-order valence-corrected chi connectivity index (χ2v) is 12.3. The zero-order valence-electron chi connectivity index (χ0n) is 20.7. The number of ether oxygens (including phenoxy) is 1. The van der Waals surface area contributed by atoms with E-state index in [0.29, 0.717) is 24.2 Å². The Kier molecular flexibility index (Phi) is 7.32. The Labute approximate surface area is 214 Å². The van der Waals surface area contributed by atoms with Gasteiger partial charge in [0.25, 0.3) is 5.56 Å². The molecule has 5 rings (SSSR count). The zero-order valence-corrected chi connectivity index (χ0v) is 22.3. The maximum absolute atomic E-state index is 14.0. The van der Waals surface area contributed by atoms with Crippen LogP contribution in [0, 0.1) is 5.92 Å². The SMILES string of the molecule is CC(C)[C@H]1Cc2c(sc3nc(S[C@H](C)C(=O)N4CCCCC4)n(Cc4ccccc4)c(=O)c23)CO1. The quantitative estimate of drug-likeness (QED) is 0.340. The van der Waals surface area contributed by atoms with Crippen LogP contribution in [0.2, 0.25) is 0 Å². The van der Waals surface area contributed by atoms with Gasteiger partial charge in [-0.2, -0.15) is 0 Å². The van der Waals surface area contributed by atoms with Crippen molar-refractivity contribution in [3.05, 3.63) is 56.7 Å². The molecule has 8 heteroatoms. The average molecular weight is 512 g/mol. The average Bonchev–Trinajstić information content (AvgIpc) is 3.24. The van der Waals surface area contributed by atoms with Crippen molar-refractivity contribution in [1.29, 1.82) is 0 Å². The van der Waals surface area contributed by atoms with Crippen molar-refractivity contribution < 1.29 is 9.53 Å². The largest absolute Gasteiger partial charge is 0.372 e. The molecule has 186 valence electrons. The molecule has 2 aliphatic heterocycles. The highest BCUT2D eigenvalue weighted by Crippen LogP contribution is 2.36. The maximum Gasteiger partial charge on any atom is 0.263 e. The number of nitrogens with zero attached hydrogens (tertiary/aromatic N) is 3. The number of thiophene rings is 1. The summed E-state index contributed by atoms with van der Waals surface area (Å²) in [4.78, 5) is 36.0. The van der Waals surface area contributed by atoms with E-state index in [1.54, 1.807) is 15.9 Å². The molecule has 1 saturated heterocycles. The van der Waals surface area contributed by atoms with Crippen molar-refractivity contribution in [2.75, 3.05) is 13.1 Å². The summed E-state index contributed by atoms with van der Waals surface area (Å²) in [6, 6.07) is 10.00. The minimum Gasteiger partial charge on any atom is -0.372 e. The number of aromatic nitrogens is 2. The number of hydrogen-bond donors (Lipinski definition) is 0. The van der Waals surface area contributed by atoms with Gasteiger partial charge in [0.15, 0.2) is 5.16 Å². The van der Waals surface area contributed by atoms with Crippen LogP contribution in [-0.2, 0) is 29.1 Å². The van der Waals surface area contributed by atoms with Gasteiger partial charge in [-0.1, -0.05) is 55.9 Å². The second-order valence-electron chi connectivity index (χ2n) is 9.90. The Hall–Kier alpha value is -2.16. The van der Waals surface area contributed by atoms with Crippen LogP contribution in [0.1, 0.15) is 56.0 Å². The molecular formula is C27H33N3O3S2. The highest BCUT2D eigenvalue weighted by molar-refractivity contribution is 8.00. The molecule has 2 aromatic heterocycles. The summed E-state index contributed by atoms with van der Waals surface area (Å²) in [5.41, 5.74) is 2.13. The highest BCUT2D eigenvalue weighted by Gasteiger charge is 2.30. The Morgan fingerprint density at radius 1 is 1.17 bits per heavy atom. The number of hydrogen-bond acceptors (Lipinski definition) is 6. The topological polar surface area (TPSA) is 64.4 Å². The first-order valence-electron chi connectivity index (χ1n) is 12.6. The monoisotopic (exact) mass is 511 g/mol. The predicted octanol–water partition coefficient (Wildman–Crippen LogP) is 5.10. The van der Waals surface area contributed by atoms with Gasteiger partial charge in [0, 0.05) is 24.4 Å². The van der Waals surface area contributed by atoms with Gasteiger partial charge in [0.1, 0.15) is 4.83 Å². The number of carbonyl (C=O) groups is 1. The Balaban J connectivity index is 1.55. The van der Waals surface area contributed by atoms with Crippen LogP contribution in [0.5, 0.6) is 0 Å². The Morgan fingerprint density at radius 2 is 1.91 bits per heavy atom. The third kappa shape index (κ3) is 5.06. The van der Waals surface area contributed by atoms with E-state index in [1.807, 2.05) is 42.2 Å². The van der Waals surface area contributed by atoms with Crippen LogP contribution in [-0.4, -0.2) is 44.8 Å². The fraction of sp³-hybridized carbons (Fsp3) is 0.519. The van der Waals surface area contributed by atoms with Gasteiger partial charge >= 0.3 is 0 Å². The van der Waals surface area contributed by atoms with E-state index < -0.39 is 0 Å². The van der Waals surface area contributed by atoms with Gasteiger partial charge in [-0.25, -0.2) is 4.98 Å². The number of rotatable bonds is 6. The van der Waals surface area contributed by atoms with Crippen molar-refractivity contribution in [2.24, 2.45) is 5.92 Å². The highest BCUT2D eigenvalue weighted by atomic mass is 32.2. The Bertz CT molecular complexity index is 1260. The molecule has 0 spiro atoms. The van der Waals surface area contributed by atoms with Crippen molar-refractivity contribution in [2.45, 2.75) is 76.1 Å². The zero-order chi connectivity index (χ0) is 24.5. The van der Waals surface area contributed by atoms with Gasteiger partial charge in [0.2, 0.25) is 5.91 Å². The van der Waals surface area contributed by atoms with Gasteiger partial charge < -0.3 is 9.64 Å². The minimum atomic E-state index is -0.303. The number of carbonyl (C=O) groups excluding carboxylic acids is 1. The molecule has 0 saturated carbocycles. The van der Waals surface area contributed by atoms with Gasteiger partial charge in [-0.05, 0) is 43.2 Å². The lowest BCUT2D eigenvalue weighted by atomic mass is 9.96. The molecule has 4 heterocycles. The molecule has 1 amide bonds. The smallest absolute Gasteiger partial charge is 0.263 e. The van der Waals surface area contributed by atoms with E-state index in [1.165, 1.54) is 18.2 Å². The van der Waals surface area contributed by atoms with Crippen LogP contribution < -0.4 is 5.56 Å². The van der Waals surface area contributed by atoms with Crippen molar-refractivity contribution in [1.82, 2.24) is 14.5 Å². The molecule has 6 nitrogen and oxygen atoms in total. The standard InChI is InChI=1S/C27H33N3O3S2/c1-17(2)21-14-20-22(16-33-21)35-24-23(20)26(32)30(15-19-10-6-4-7-11-19)27(28-24)34-18(3)25(31)29-12-8-5-9-13-29/h4,6-7,10-11,17-18,21H,5,8-9,12-16H2,1-3H3/t18-,21-/m1/s1. The van der Waals surface area contributed by atoms with Crippen LogP contribution in [0.25, 0.3) is 10.2 Å². The molecule has 0 radical (unpaired) electrons. The summed E-state index contributed by atoms with van der Waals surface area (Å²) in [7, 11) is 0. The van der Waals surface area contributed by atoms with Gasteiger partial charge in [0.05, 0.1) is 29.9 Å². The summed E-state index contributed by atoms with van der Waals surface area (Å²) in [5.74, 6) is 0.517. The summed E-state index contributed by atoms with van der Waals surface area (Å²) in [6.45, 7) is 8.86. The third-order valence-corrected chi connectivity index (χ3v) is 9.19. The predicted molar refractivity (Wildman–Crippen MR) is 142 cm³/mol. The van der Waals surface area contributed by atoms with Crippen LogP contribution in [0.15, 0.2) is 40.3 Å². The number of thioether (sulfide) groups is 1. The summed E-state index contributed by atoms with van der Waals surface area (Å²) in [6.07, 6.45) is 4.16. The molecule has 2 atom stereocenters. The molecule has 0 bridgehead atoms. The van der Waals surface area contributed by atoms with E-state index in [-0.39, 0.29) is 22.8 Å². The summed E-state index contributed by atoms with van der Waals surface area (Å²) >= 11 is 2.97. The number of piperidine rings is 1. The fourth-order valence-corrected chi connectivity index (χ4v) is 7.10. The first kappa shape index (κ1) is 24.5. The molecule has 0 unspecified atom stereocenters. The van der Waals surface area contributed by atoms with Gasteiger partial charge in [-0.15, -0.1) is 11.3 Å². The molecule has 2 aliphatic rings. The fourth-order valence-electron chi connectivity index (χ4n) is 4.94. The number of likely N-dealkylation sites (tertiary alicyclic amines) is 1. The molecule has 0 aliphatic carbocycles. The van der Waals surface area contributed by atoms with E-state index in [4.69, 9.17) is 9.72 Å². The molecule has 35 heavy (non-hydrogen) atoms. The van der Waals surface area contributed by atoms with Crippen LogP contribution >= 0.6 is 23.1 Å². The lowest BCUT2D eigenvalue weighted by Crippen LogP contribution is -2.40. The van der Waals surface area contributed by atoms with Crippen molar-refractivity contribution in [3.63, 3.8) is 0 Å². The first-order valence-corrected chi connectivity index (χ1v) is 14.3. The Morgan fingerprint density at radius 3 is 2.63 bits per heavy atom. The lowest BCUT2D eigenvalue weighted by molar-refractivity contribution is -0.131. The molecule has 0 N–H and O–H groups in total. The maximum atomic E-state index is 14.0. The molecular weight excluding hydrogens is 478 g/mol. The molecule has 1 aromatic carbocycles. The van der Waals surface area contributed by atoms with Crippen LogP contribution in [0.3, 0.4) is 0 Å². The first-order chi connectivity index (χ1) is 16.9. The van der Waals surface area contributed by atoms with E-state index >= 15 is 0 Å². The van der Waals surface area contributed by atoms with Gasteiger partial charge in [-0.3, -0.25) is 14.2 Å². The van der Waals surface area contributed by atoms with Crippen molar-refractivity contribution in [3.8, 4) is 0 Å². The van der Waals surface area contributed by atoms with Crippen LogP contribution in [0.4, 0.5) is 0 Å².